The molecule has 0 radical (unpaired) electrons. The number of carbonyl (C=O) groups excluding carboxylic acids is 1. The number of hydrogen-bond acceptors (Lipinski definition) is 5. The van der Waals surface area contributed by atoms with Crippen molar-refractivity contribution in [3.8, 4) is 11.4 Å². The zero-order valence-corrected chi connectivity index (χ0v) is 17.5. The molecule has 0 atom stereocenters. The summed E-state index contributed by atoms with van der Waals surface area (Å²) in [5.74, 6) is -3.10. The van der Waals surface area contributed by atoms with Crippen molar-refractivity contribution in [3.63, 3.8) is 0 Å². The fourth-order valence-electron chi connectivity index (χ4n) is 3.75. The summed E-state index contributed by atoms with van der Waals surface area (Å²) in [4.78, 5) is 21.5. The van der Waals surface area contributed by atoms with Crippen LogP contribution >= 0.6 is 11.3 Å². The number of amides is 1. The number of nitrogens with one attached hydrogen (secondary N) is 1. The molecule has 1 amide bonds. The number of hydrogen-bond donors (Lipinski definition) is 1. The van der Waals surface area contributed by atoms with Crippen LogP contribution in [-0.4, -0.2) is 37.6 Å². The molecule has 4 aromatic heterocycles. The van der Waals surface area contributed by atoms with Gasteiger partial charge in [-0.3, -0.25) is 14.5 Å². The fourth-order valence-corrected chi connectivity index (χ4v) is 4.60. The van der Waals surface area contributed by atoms with E-state index in [2.05, 4.69) is 20.4 Å². The molecular formula is C22H19F2N5OS. The van der Waals surface area contributed by atoms with E-state index in [0.717, 1.165) is 32.7 Å². The maximum atomic E-state index is 13.1. The summed E-state index contributed by atoms with van der Waals surface area (Å²) in [6.45, 7) is 0. The molecule has 1 saturated carbocycles. The van der Waals surface area contributed by atoms with Gasteiger partial charge in [-0.1, -0.05) is 6.07 Å². The molecule has 4 aromatic rings. The third-order valence-corrected chi connectivity index (χ3v) is 6.32. The highest BCUT2D eigenvalue weighted by Crippen LogP contribution is 2.37. The second kappa shape index (κ2) is 7.49. The lowest BCUT2D eigenvalue weighted by Gasteiger charge is -2.35. The lowest BCUT2D eigenvalue weighted by atomic mass is 9.88. The quantitative estimate of drug-likeness (QED) is 0.506. The van der Waals surface area contributed by atoms with Gasteiger partial charge in [0.2, 0.25) is 0 Å². The second-order valence-corrected chi connectivity index (χ2v) is 8.76. The standard InChI is InChI=1S/C22H19F2N5OS/c1-29-6-4-17(28-29)16-3-2-13(12-25-16)8-14-9-19(27-18-5-7-31-20(14)18)21(30)26-15-10-22(23,24)11-15/h2-7,9,12,15H,8,10-11H2,1H3,(H,26,30). The molecule has 5 rings (SSSR count). The summed E-state index contributed by atoms with van der Waals surface area (Å²) in [7, 11) is 1.86. The summed E-state index contributed by atoms with van der Waals surface area (Å²) >= 11 is 1.56. The van der Waals surface area contributed by atoms with Crippen LogP contribution in [0.4, 0.5) is 8.78 Å². The molecule has 1 aliphatic carbocycles. The Kier molecular flexibility index (Phi) is 4.77. The van der Waals surface area contributed by atoms with Gasteiger partial charge in [0.1, 0.15) is 11.4 Å². The fraction of sp³-hybridized carbons (Fsp3) is 0.273. The van der Waals surface area contributed by atoms with Crippen molar-refractivity contribution in [2.75, 3.05) is 0 Å². The molecule has 158 valence electrons. The first kappa shape index (κ1) is 19.7. The van der Waals surface area contributed by atoms with Crippen molar-refractivity contribution in [1.82, 2.24) is 25.1 Å². The maximum Gasteiger partial charge on any atom is 0.270 e. The number of aryl methyl sites for hydroxylation is 1. The van der Waals surface area contributed by atoms with E-state index in [0.29, 0.717) is 6.42 Å². The van der Waals surface area contributed by atoms with Gasteiger partial charge < -0.3 is 5.32 Å². The number of fused-ring (bicyclic) bond motifs is 1. The molecule has 0 unspecified atom stereocenters. The monoisotopic (exact) mass is 439 g/mol. The molecule has 6 nitrogen and oxygen atoms in total. The summed E-state index contributed by atoms with van der Waals surface area (Å²) in [5, 5.41) is 8.95. The van der Waals surface area contributed by atoms with Crippen molar-refractivity contribution in [1.29, 1.82) is 0 Å². The lowest BCUT2D eigenvalue weighted by molar-refractivity contribution is -0.0901. The molecule has 1 aliphatic rings. The largest absolute Gasteiger partial charge is 0.348 e. The van der Waals surface area contributed by atoms with E-state index in [1.165, 1.54) is 0 Å². The number of halogens is 2. The molecule has 1 fully saturated rings. The van der Waals surface area contributed by atoms with Crippen LogP contribution in [0.1, 0.15) is 34.5 Å². The number of alkyl halides is 2. The predicted molar refractivity (Wildman–Crippen MR) is 114 cm³/mol. The molecule has 4 heterocycles. The smallest absolute Gasteiger partial charge is 0.270 e. The van der Waals surface area contributed by atoms with Crippen molar-refractivity contribution < 1.29 is 13.6 Å². The van der Waals surface area contributed by atoms with Crippen LogP contribution in [0.15, 0.2) is 48.1 Å². The second-order valence-electron chi connectivity index (χ2n) is 7.84. The van der Waals surface area contributed by atoms with E-state index in [9.17, 15) is 13.6 Å². The Balaban J connectivity index is 1.38. The van der Waals surface area contributed by atoms with Crippen molar-refractivity contribution >= 4 is 27.5 Å². The predicted octanol–water partition coefficient (Wildman–Crippen LogP) is 4.21. The Hall–Kier alpha value is -3.20. The molecule has 1 N–H and O–H groups in total. The average Bonchev–Trinajstić information content (AvgIpc) is 3.36. The van der Waals surface area contributed by atoms with Crippen LogP contribution in [0.2, 0.25) is 0 Å². The van der Waals surface area contributed by atoms with Gasteiger partial charge in [-0.05, 0) is 40.8 Å². The third-order valence-electron chi connectivity index (χ3n) is 5.34. The van der Waals surface area contributed by atoms with Crippen LogP contribution in [0.3, 0.4) is 0 Å². The normalized spacial score (nSPS) is 15.7. The molecule has 0 saturated heterocycles. The van der Waals surface area contributed by atoms with Gasteiger partial charge in [-0.2, -0.15) is 5.10 Å². The first-order chi connectivity index (χ1) is 14.9. The Labute approximate surface area is 181 Å². The molecule has 31 heavy (non-hydrogen) atoms. The SMILES string of the molecule is Cn1ccc(-c2ccc(Cc3cc(C(=O)NC4CC(F)(F)C4)nc4ccsc34)cn2)n1. The van der Waals surface area contributed by atoms with Crippen LogP contribution in [0, 0.1) is 0 Å². The van der Waals surface area contributed by atoms with E-state index in [-0.39, 0.29) is 18.5 Å². The molecule has 0 aliphatic heterocycles. The molecule has 0 bridgehead atoms. The van der Waals surface area contributed by atoms with E-state index in [1.807, 2.05) is 42.9 Å². The van der Waals surface area contributed by atoms with Crippen LogP contribution in [-0.2, 0) is 13.5 Å². The summed E-state index contributed by atoms with van der Waals surface area (Å²) in [6, 6.07) is 8.93. The third kappa shape index (κ3) is 4.05. The van der Waals surface area contributed by atoms with Gasteiger partial charge in [0, 0.05) is 44.7 Å². The number of aromatic nitrogens is 4. The van der Waals surface area contributed by atoms with Gasteiger partial charge in [0.15, 0.2) is 0 Å². The first-order valence-corrected chi connectivity index (χ1v) is 10.7. The maximum absolute atomic E-state index is 13.1. The highest BCUT2D eigenvalue weighted by Gasteiger charge is 2.46. The summed E-state index contributed by atoms with van der Waals surface area (Å²) < 4.78 is 28.9. The average molecular weight is 439 g/mol. The minimum atomic E-state index is -2.68. The van der Waals surface area contributed by atoms with Gasteiger partial charge >= 0.3 is 0 Å². The first-order valence-electron chi connectivity index (χ1n) is 9.87. The van der Waals surface area contributed by atoms with Crippen molar-refractivity contribution in [3.05, 3.63) is 64.9 Å². The number of pyridine rings is 2. The molecule has 0 spiro atoms. The Bertz CT molecular complexity index is 1260. The van der Waals surface area contributed by atoms with Crippen LogP contribution in [0.25, 0.3) is 21.6 Å². The van der Waals surface area contributed by atoms with Gasteiger partial charge in [-0.15, -0.1) is 11.3 Å². The zero-order valence-electron chi connectivity index (χ0n) is 16.7. The number of rotatable bonds is 5. The highest BCUT2D eigenvalue weighted by molar-refractivity contribution is 7.17. The zero-order chi connectivity index (χ0) is 21.6. The van der Waals surface area contributed by atoms with Crippen molar-refractivity contribution in [2.24, 2.45) is 7.05 Å². The Morgan fingerprint density at radius 3 is 2.77 bits per heavy atom. The molecule has 0 aromatic carbocycles. The minimum Gasteiger partial charge on any atom is -0.348 e. The van der Waals surface area contributed by atoms with E-state index in [1.54, 1.807) is 28.3 Å². The number of carbonyl (C=O) groups is 1. The van der Waals surface area contributed by atoms with Gasteiger partial charge in [0.25, 0.3) is 11.8 Å². The summed E-state index contributed by atoms with van der Waals surface area (Å²) in [6.07, 6.45) is 3.62. The minimum absolute atomic E-state index is 0.245. The molecule has 9 heteroatoms. The Morgan fingerprint density at radius 1 is 1.26 bits per heavy atom. The number of thiophene rings is 1. The van der Waals surface area contributed by atoms with Crippen molar-refractivity contribution in [2.45, 2.75) is 31.2 Å². The van der Waals surface area contributed by atoms with Crippen LogP contribution < -0.4 is 5.32 Å². The van der Waals surface area contributed by atoms with Crippen LogP contribution in [0.5, 0.6) is 0 Å². The van der Waals surface area contributed by atoms with Gasteiger partial charge in [0.05, 0.1) is 15.9 Å². The highest BCUT2D eigenvalue weighted by atomic mass is 32.1. The topological polar surface area (TPSA) is 72.7 Å². The Morgan fingerprint density at radius 2 is 2.10 bits per heavy atom. The van der Waals surface area contributed by atoms with E-state index < -0.39 is 17.9 Å². The lowest BCUT2D eigenvalue weighted by Crippen LogP contribution is -2.50. The van der Waals surface area contributed by atoms with E-state index >= 15 is 0 Å². The van der Waals surface area contributed by atoms with Gasteiger partial charge in [-0.25, -0.2) is 13.8 Å². The summed E-state index contributed by atoms with van der Waals surface area (Å²) in [5.41, 5.74) is 4.51. The van der Waals surface area contributed by atoms with E-state index in [4.69, 9.17) is 0 Å². The number of nitrogens with zero attached hydrogens (tertiary/aromatic N) is 4. The molecular weight excluding hydrogens is 420 g/mol.